The normalized spacial score (nSPS) is 33.7. The Labute approximate surface area is 119 Å². The van der Waals surface area contributed by atoms with E-state index in [0.29, 0.717) is 30.3 Å². The highest BCUT2D eigenvalue weighted by molar-refractivity contribution is 5.77. The standard InChI is InChI=1S/C15H24N2O3/c18-14(17-13(8-15(19)20)10-1-2-10)7-9-5-11-3-4-12(6-9)16-11/h9-13,16H,1-8H2,(H,17,18)(H,19,20). The Morgan fingerprint density at radius 1 is 1.15 bits per heavy atom. The summed E-state index contributed by atoms with van der Waals surface area (Å²) in [7, 11) is 0. The summed E-state index contributed by atoms with van der Waals surface area (Å²) in [6.07, 6.45) is 7.41. The zero-order valence-corrected chi connectivity index (χ0v) is 11.8. The van der Waals surface area contributed by atoms with Crippen LogP contribution in [0.2, 0.25) is 0 Å². The maximum Gasteiger partial charge on any atom is 0.305 e. The minimum Gasteiger partial charge on any atom is -0.481 e. The first-order chi connectivity index (χ1) is 9.60. The van der Waals surface area contributed by atoms with Crippen LogP contribution >= 0.6 is 0 Å². The van der Waals surface area contributed by atoms with Crippen LogP contribution in [0.4, 0.5) is 0 Å². The average Bonchev–Trinajstić information content (AvgIpc) is 3.14. The van der Waals surface area contributed by atoms with E-state index in [1.54, 1.807) is 0 Å². The number of carboxylic acid groups (broad SMARTS) is 1. The summed E-state index contributed by atoms with van der Waals surface area (Å²) in [5.41, 5.74) is 0. The predicted molar refractivity (Wildman–Crippen MR) is 74.2 cm³/mol. The molecule has 0 aromatic heterocycles. The highest BCUT2D eigenvalue weighted by Crippen LogP contribution is 2.35. The number of carbonyl (C=O) groups excluding carboxylic acids is 1. The van der Waals surface area contributed by atoms with Gasteiger partial charge in [-0.25, -0.2) is 0 Å². The van der Waals surface area contributed by atoms with Gasteiger partial charge in [0.25, 0.3) is 0 Å². The van der Waals surface area contributed by atoms with Gasteiger partial charge in [-0.05, 0) is 50.4 Å². The first kappa shape index (κ1) is 13.9. The molecule has 2 bridgehead atoms. The van der Waals surface area contributed by atoms with E-state index in [-0.39, 0.29) is 18.4 Å². The van der Waals surface area contributed by atoms with E-state index in [2.05, 4.69) is 10.6 Å². The minimum absolute atomic E-state index is 0.0504. The number of carboxylic acids is 1. The second kappa shape index (κ2) is 5.72. The van der Waals surface area contributed by atoms with Crippen molar-refractivity contribution in [2.24, 2.45) is 11.8 Å². The predicted octanol–water partition coefficient (Wildman–Crippen LogP) is 1.28. The van der Waals surface area contributed by atoms with Crippen molar-refractivity contribution < 1.29 is 14.7 Å². The molecular formula is C15H24N2O3. The Bertz CT molecular complexity index is 383. The van der Waals surface area contributed by atoms with Crippen molar-refractivity contribution >= 4 is 11.9 Å². The fourth-order valence-corrected chi connectivity index (χ4v) is 3.89. The van der Waals surface area contributed by atoms with Crippen LogP contribution in [0.1, 0.15) is 51.4 Å². The minimum atomic E-state index is -0.817. The van der Waals surface area contributed by atoms with Gasteiger partial charge in [-0.2, -0.15) is 0 Å². The maximum absolute atomic E-state index is 12.1. The molecule has 5 heteroatoms. The Morgan fingerprint density at radius 3 is 2.35 bits per heavy atom. The molecule has 2 saturated heterocycles. The molecule has 0 aromatic rings. The van der Waals surface area contributed by atoms with Gasteiger partial charge in [0, 0.05) is 24.5 Å². The molecule has 0 spiro atoms. The van der Waals surface area contributed by atoms with Crippen molar-refractivity contribution in [1.29, 1.82) is 0 Å². The lowest BCUT2D eigenvalue weighted by Gasteiger charge is -2.29. The summed E-state index contributed by atoms with van der Waals surface area (Å²) in [6, 6.07) is 1.05. The van der Waals surface area contributed by atoms with E-state index in [4.69, 9.17) is 5.11 Å². The molecule has 3 N–H and O–H groups in total. The zero-order chi connectivity index (χ0) is 14.1. The summed E-state index contributed by atoms with van der Waals surface area (Å²) < 4.78 is 0. The van der Waals surface area contributed by atoms with E-state index in [0.717, 1.165) is 25.7 Å². The Balaban J connectivity index is 1.47. The molecule has 5 nitrogen and oxygen atoms in total. The van der Waals surface area contributed by atoms with Gasteiger partial charge in [-0.3, -0.25) is 9.59 Å². The second-order valence-corrected chi connectivity index (χ2v) is 6.79. The number of rotatable bonds is 6. The lowest BCUT2D eigenvalue weighted by Crippen LogP contribution is -2.42. The summed E-state index contributed by atoms with van der Waals surface area (Å²) >= 11 is 0. The number of hydrogen-bond donors (Lipinski definition) is 3. The largest absolute Gasteiger partial charge is 0.481 e. The van der Waals surface area contributed by atoms with Gasteiger partial charge in [0.05, 0.1) is 6.42 Å². The maximum atomic E-state index is 12.1. The lowest BCUT2D eigenvalue weighted by molar-refractivity contribution is -0.137. The van der Waals surface area contributed by atoms with Crippen molar-refractivity contribution in [1.82, 2.24) is 10.6 Å². The third-order valence-electron chi connectivity index (χ3n) is 4.98. The summed E-state index contributed by atoms with van der Waals surface area (Å²) in [5, 5.41) is 15.5. The molecule has 112 valence electrons. The Morgan fingerprint density at radius 2 is 1.80 bits per heavy atom. The van der Waals surface area contributed by atoms with Crippen LogP contribution in [0.25, 0.3) is 0 Å². The fraction of sp³-hybridized carbons (Fsp3) is 0.867. The molecule has 1 saturated carbocycles. The lowest BCUT2D eigenvalue weighted by atomic mass is 9.89. The SMILES string of the molecule is O=C(O)CC(NC(=O)CC1CC2CCC(C1)N2)C1CC1. The molecule has 1 amide bonds. The van der Waals surface area contributed by atoms with Crippen molar-refractivity contribution in [2.45, 2.75) is 69.5 Å². The first-order valence-corrected chi connectivity index (χ1v) is 7.87. The molecule has 1 aliphatic carbocycles. The number of piperidine rings is 1. The van der Waals surface area contributed by atoms with Crippen LogP contribution in [0.5, 0.6) is 0 Å². The number of carbonyl (C=O) groups is 2. The number of fused-ring (bicyclic) bond motifs is 2. The highest BCUT2D eigenvalue weighted by atomic mass is 16.4. The molecular weight excluding hydrogens is 256 g/mol. The smallest absolute Gasteiger partial charge is 0.305 e. The Hall–Kier alpha value is -1.10. The van der Waals surface area contributed by atoms with Crippen LogP contribution in [0.3, 0.4) is 0 Å². The molecule has 20 heavy (non-hydrogen) atoms. The van der Waals surface area contributed by atoms with Gasteiger partial charge < -0.3 is 15.7 Å². The van der Waals surface area contributed by atoms with Gasteiger partial charge in [0.1, 0.15) is 0 Å². The molecule has 0 aromatic carbocycles. The average molecular weight is 280 g/mol. The van der Waals surface area contributed by atoms with E-state index < -0.39 is 5.97 Å². The van der Waals surface area contributed by atoms with Crippen molar-refractivity contribution in [3.8, 4) is 0 Å². The summed E-state index contributed by atoms with van der Waals surface area (Å²) in [6.45, 7) is 0. The molecule has 3 atom stereocenters. The highest BCUT2D eigenvalue weighted by Gasteiger charge is 2.36. The monoisotopic (exact) mass is 280 g/mol. The molecule has 3 aliphatic rings. The van der Waals surface area contributed by atoms with Crippen molar-refractivity contribution in [3.05, 3.63) is 0 Å². The van der Waals surface area contributed by atoms with Crippen LogP contribution in [-0.4, -0.2) is 35.1 Å². The number of nitrogens with one attached hydrogen (secondary N) is 2. The van der Waals surface area contributed by atoms with Gasteiger partial charge >= 0.3 is 5.97 Å². The van der Waals surface area contributed by atoms with Crippen molar-refractivity contribution in [3.63, 3.8) is 0 Å². The van der Waals surface area contributed by atoms with Crippen LogP contribution < -0.4 is 10.6 Å². The van der Waals surface area contributed by atoms with E-state index in [1.165, 1.54) is 12.8 Å². The molecule has 0 radical (unpaired) electrons. The Kier molecular flexibility index (Phi) is 3.96. The van der Waals surface area contributed by atoms with E-state index in [9.17, 15) is 9.59 Å². The number of amides is 1. The van der Waals surface area contributed by atoms with Gasteiger partial charge in [-0.1, -0.05) is 0 Å². The van der Waals surface area contributed by atoms with E-state index in [1.807, 2.05) is 0 Å². The number of aliphatic carboxylic acids is 1. The van der Waals surface area contributed by atoms with Crippen LogP contribution in [0.15, 0.2) is 0 Å². The number of hydrogen-bond acceptors (Lipinski definition) is 3. The first-order valence-electron chi connectivity index (χ1n) is 7.87. The zero-order valence-electron chi connectivity index (χ0n) is 11.8. The van der Waals surface area contributed by atoms with Gasteiger partial charge in [-0.15, -0.1) is 0 Å². The summed E-state index contributed by atoms with van der Waals surface area (Å²) in [4.78, 5) is 23.0. The molecule has 2 heterocycles. The third kappa shape index (κ3) is 3.51. The topological polar surface area (TPSA) is 78.4 Å². The third-order valence-corrected chi connectivity index (χ3v) is 4.98. The quantitative estimate of drug-likeness (QED) is 0.685. The molecule has 2 aliphatic heterocycles. The van der Waals surface area contributed by atoms with Gasteiger partial charge in [0.2, 0.25) is 5.91 Å². The van der Waals surface area contributed by atoms with Crippen molar-refractivity contribution in [2.75, 3.05) is 0 Å². The van der Waals surface area contributed by atoms with E-state index >= 15 is 0 Å². The molecule has 3 rings (SSSR count). The van der Waals surface area contributed by atoms with Gasteiger partial charge in [0.15, 0.2) is 0 Å². The van der Waals surface area contributed by atoms with Crippen LogP contribution in [-0.2, 0) is 9.59 Å². The van der Waals surface area contributed by atoms with Crippen LogP contribution in [0, 0.1) is 11.8 Å². The fourth-order valence-electron chi connectivity index (χ4n) is 3.89. The second-order valence-electron chi connectivity index (χ2n) is 6.79. The summed E-state index contributed by atoms with van der Waals surface area (Å²) in [5.74, 6) is 0.0919. The molecule has 3 fully saturated rings. The molecule has 3 unspecified atom stereocenters.